The number of allylic oxidation sites excluding steroid dienone is 14. The van der Waals surface area contributed by atoms with Crippen molar-refractivity contribution in [1.29, 1.82) is 0 Å². The molecule has 0 radical (unpaired) electrons. The summed E-state index contributed by atoms with van der Waals surface area (Å²) in [6, 6.07) is 0. The predicted octanol–water partition coefficient (Wildman–Crippen LogP) is 25.0. The van der Waals surface area contributed by atoms with E-state index in [0.29, 0.717) is 19.3 Å². The van der Waals surface area contributed by atoms with Crippen LogP contribution in [0.4, 0.5) is 0 Å². The maximum Gasteiger partial charge on any atom is 0.306 e. The Morgan fingerprint density at radius 3 is 0.735 bits per heavy atom. The lowest BCUT2D eigenvalue weighted by Gasteiger charge is -2.18. The Balaban J connectivity index is 4.26. The van der Waals surface area contributed by atoms with E-state index in [1.165, 1.54) is 218 Å². The van der Waals surface area contributed by atoms with Crippen molar-refractivity contribution in [3.8, 4) is 0 Å². The molecule has 1 unspecified atom stereocenters. The van der Waals surface area contributed by atoms with Gasteiger partial charge in [-0.05, 0) is 77.0 Å². The first-order valence-electron chi connectivity index (χ1n) is 36.1. The fourth-order valence-corrected chi connectivity index (χ4v) is 10.5. The molecule has 0 rings (SSSR count). The summed E-state index contributed by atoms with van der Waals surface area (Å²) < 4.78 is 17.0. The first-order chi connectivity index (χ1) is 41.0. The summed E-state index contributed by atoms with van der Waals surface area (Å²) in [4.78, 5) is 38.4. The van der Waals surface area contributed by atoms with Gasteiger partial charge in [0.25, 0.3) is 0 Å². The molecular weight excluding hydrogens is 1020 g/mol. The third kappa shape index (κ3) is 69.3. The van der Waals surface area contributed by atoms with Crippen LogP contribution in [0.15, 0.2) is 85.1 Å². The number of rotatable bonds is 66. The molecule has 0 N–H and O–H groups in total. The minimum atomic E-state index is -0.779. The van der Waals surface area contributed by atoms with Crippen LogP contribution in [0.1, 0.15) is 367 Å². The highest BCUT2D eigenvalue weighted by molar-refractivity contribution is 5.71. The molecule has 0 aliphatic rings. The van der Waals surface area contributed by atoms with Gasteiger partial charge in [-0.2, -0.15) is 0 Å². The summed E-state index contributed by atoms with van der Waals surface area (Å²) in [5.41, 5.74) is 0. The molecule has 0 heterocycles. The van der Waals surface area contributed by atoms with Crippen LogP contribution in [0, 0.1) is 0 Å². The molecule has 0 fully saturated rings. The number of hydrogen-bond acceptors (Lipinski definition) is 6. The Kier molecular flexibility index (Phi) is 68.2. The van der Waals surface area contributed by atoms with Gasteiger partial charge in [-0.25, -0.2) is 0 Å². The van der Waals surface area contributed by atoms with Gasteiger partial charge in [0.15, 0.2) is 6.10 Å². The van der Waals surface area contributed by atoms with E-state index in [-0.39, 0.29) is 31.1 Å². The zero-order valence-corrected chi connectivity index (χ0v) is 55.2. The Morgan fingerprint density at radius 1 is 0.253 bits per heavy atom. The van der Waals surface area contributed by atoms with Crippen LogP contribution >= 0.6 is 0 Å². The highest BCUT2D eigenvalue weighted by Gasteiger charge is 2.19. The average molecular weight is 1160 g/mol. The van der Waals surface area contributed by atoms with E-state index in [1.54, 1.807) is 0 Å². The summed E-state index contributed by atoms with van der Waals surface area (Å²) in [6.45, 7) is 6.57. The number of carbonyl (C=O) groups excluding carboxylic acids is 3. The number of ether oxygens (including phenoxy) is 3. The lowest BCUT2D eigenvalue weighted by Crippen LogP contribution is -2.30. The molecule has 0 aromatic heterocycles. The Morgan fingerprint density at radius 2 is 0.470 bits per heavy atom. The van der Waals surface area contributed by atoms with Gasteiger partial charge in [-0.1, -0.05) is 356 Å². The van der Waals surface area contributed by atoms with Gasteiger partial charge >= 0.3 is 17.9 Å². The largest absolute Gasteiger partial charge is 0.462 e. The summed E-state index contributed by atoms with van der Waals surface area (Å²) >= 11 is 0. The number of carbonyl (C=O) groups is 3. The van der Waals surface area contributed by atoms with E-state index in [4.69, 9.17) is 14.2 Å². The smallest absolute Gasteiger partial charge is 0.306 e. The molecule has 83 heavy (non-hydrogen) atoms. The van der Waals surface area contributed by atoms with Crippen LogP contribution in [0.2, 0.25) is 0 Å². The van der Waals surface area contributed by atoms with Gasteiger partial charge in [0, 0.05) is 19.3 Å². The lowest BCUT2D eigenvalue weighted by atomic mass is 10.0. The van der Waals surface area contributed by atoms with E-state index >= 15 is 0 Å². The van der Waals surface area contributed by atoms with Gasteiger partial charge in [0.1, 0.15) is 13.2 Å². The highest BCUT2D eigenvalue weighted by atomic mass is 16.6. The molecular formula is C77H136O6. The van der Waals surface area contributed by atoms with Crippen molar-refractivity contribution in [2.24, 2.45) is 0 Å². The normalized spacial score (nSPS) is 12.6. The fourth-order valence-electron chi connectivity index (χ4n) is 10.5. The Hall–Kier alpha value is -3.41. The van der Waals surface area contributed by atoms with Crippen molar-refractivity contribution < 1.29 is 28.6 Å². The summed E-state index contributed by atoms with van der Waals surface area (Å²) in [7, 11) is 0. The molecule has 480 valence electrons. The molecule has 0 spiro atoms. The van der Waals surface area contributed by atoms with Crippen LogP contribution < -0.4 is 0 Å². The monoisotopic (exact) mass is 1160 g/mol. The molecule has 0 saturated carbocycles. The van der Waals surface area contributed by atoms with Crippen LogP contribution in [-0.4, -0.2) is 37.2 Å². The molecule has 6 nitrogen and oxygen atoms in total. The fraction of sp³-hybridized carbons (Fsp3) is 0.779. The third-order valence-electron chi connectivity index (χ3n) is 15.9. The molecule has 0 aromatic rings. The van der Waals surface area contributed by atoms with E-state index in [9.17, 15) is 14.4 Å². The first kappa shape index (κ1) is 79.6. The van der Waals surface area contributed by atoms with Gasteiger partial charge in [0.05, 0.1) is 0 Å². The van der Waals surface area contributed by atoms with Crippen LogP contribution in [0.3, 0.4) is 0 Å². The van der Waals surface area contributed by atoms with E-state index in [1.807, 2.05) is 0 Å². The van der Waals surface area contributed by atoms with E-state index < -0.39 is 6.10 Å². The third-order valence-corrected chi connectivity index (χ3v) is 15.9. The second-order valence-electron chi connectivity index (χ2n) is 24.1. The van der Waals surface area contributed by atoms with Crippen molar-refractivity contribution in [3.05, 3.63) is 85.1 Å². The lowest BCUT2D eigenvalue weighted by molar-refractivity contribution is -0.167. The number of hydrogen-bond donors (Lipinski definition) is 0. The molecule has 0 amide bonds. The van der Waals surface area contributed by atoms with Crippen LogP contribution in [-0.2, 0) is 28.6 Å². The van der Waals surface area contributed by atoms with Crippen molar-refractivity contribution in [2.45, 2.75) is 374 Å². The van der Waals surface area contributed by atoms with E-state index in [0.717, 1.165) is 109 Å². The minimum Gasteiger partial charge on any atom is -0.462 e. The zero-order valence-electron chi connectivity index (χ0n) is 55.2. The minimum absolute atomic E-state index is 0.0746. The van der Waals surface area contributed by atoms with Gasteiger partial charge in [-0.3, -0.25) is 14.4 Å². The summed E-state index contributed by atoms with van der Waals surface area (Å²) in [6.07, 6.45) is 94.7. The Bertz CT molecular complexity index is 1570. The number of unbranched alkanes of at least 4 members (excludes halogenated alkanes) is 41. The molecule has 0 aliphatic heterocycles. The molecule has 0 bridgehead atoms. The van der Waals surface area contributed by atoms with Crippen molar-refractivity contribution in [1.82, 2.24) is 0 Å². The standard InChI is InChI=1S/C77H136O6/c1-4-7-10-13-16-19-22-25-27-29-31-33-35-37-38-39-40-41-43-44-46-48-50-52-55-58-61-64-67-70-76(79)82-73-74(72-81-75(78)69-66-63-60-57-54-24-21-18-15-12-9-6-3)83-77(80)71-68-65-62-59-56-53-51-49-47-45-42-36-34-32-30-28-26-23-20-17-14-11-8-5-2/h7,10,16,19,25,27,31,33,37-38,40-41,44,46,74H,4-6,8-9,11-15,17-18,20-24,26,28-30,32,34-36,39,42-43,45,47-73H2,1-3H3/b10-7-,19-16-,27-25-,33-31-,38-37-,41-40-,46-44-. The predicted molar refractivity (Wildman–Crippen MR) is 362 cm³/mol. The van der Waals surface area contributed by atoms with Crippen LogP contribution in [0.5, 0.6) is 0 Å². The molecule has 0 saturated heterocycles. The SMILES string of the molecule is CC/C=C\C/C=C\C/C=C\C/C=C\C/C=C\C/C=C\C/C=C\CCCCCCCCCC(=O)OCC(COC(=O)CCCCCCCCCCCCCC)OC(=O)CCCCCCCCCCCCCCCCCCCCCCCCCC. The zero-order chi connectivity index (χ0) is 59.9. The van der Waals surface area contributed by atoms with Crippen LogP contribution in [0.25, 0.3) is 0 Å². The van der Waals surface area contributed by atoms with Gasteiger partial charge in [0.2, 0.25) is 0 Å². The Labute approximate surface area is 515 Å². The average Bonchev–Trinajstić information content (AvgIpc) is 3.49. The second-order valence-corrected chi connectivity index (χ2v) is 24.1. The van der Waals surface area contributed by atoms with Gasteiger partial charge < -0.3 is 14.2 Å². The highest BCUT2D eigenvalue weighted by Crippen LogP contribution is 2.18. The molecule has 0 aromatic carbocycles. The van der Waals surface area contributed by atoms with Crippen molar-refractivity contribution in [2.75, 3.05) is 13.2 Å². The second kappa shape index (κ2) is 71.1. The first-order valence-corrected chi connectivity index (χ1v) is 36.1. The maximum atomic E-state index is 13.0. The number of esters is 3. The quantitative estimate of drug-likeness (QED) is 0.0261. The van der Waals surface area contributed by atoms with E-state index in [2.05, 4.69) is 106 Å². The van der Waals surface area contributed by atoms with Gasteiger partial charge in [-0.15, -0.1) is 0 Å². The topological polar surface area (TPSA) is 78.9 Å². The molecule has 1 atom stereocenters. The summed E-state index contributed by atoms with van der Waals surface area (Å²) in [5, 5.41) is 0. The molecule has 6 heteroatoms. The molecule has 0 aliphatic carbocycles. The maximum absolute atomic E-state index is 13.0. The van der Waals surface area contributed by atoms with Crippen molar-refractivity contribution in [3.63, 3.8) is 0 Å². The summed E-state index contributed by atoms with van der Waals surface area (Å²) in [5.74, 6) is -0.865. The van der Waals surface area contributed by atoms with Crippen molar-refractivity contribution >= 4 is 17.9 Å².